The molecule has 2 heterocycles. The quantitative estimate of drug-likeness (QED) is 0.566. The largest absolute Gasteiger partial charge is 0.333 e. The van der Waals surface area contributed by atoms with Crippen LogP contribution >= 0.6 is 11.6 Å². The normalized spacial score (nSPS) is 10.4. The van der Waals surface area contributed by atoms with E-state index >= 15 is 0 Å². The molecule has 0 saturated heterocycles. The van der Waals surface area contributed by atoms with E-state index in [1.165, 1.54) is 4.90 Å². The third-order valence-corrected chi connectivity index (χ3v) is 2.87. The zero-order valence-electron chi connectivity index (χ0n) is 11.0. The van der Waals surface area contributed by atoms with E-state index in [1.54, 1.807) is 26.1 Å². The number of nitrogens with two attached hydrogens (primary N) is 1. The van der Waals surface area contributed by atoms with E-state index in [4.69, 9.17) is 17.4 Å². The van der Waals surface area contributed by atoms with Crippen molar-refractivity contribution in [1.29, 1.82) is 0 Å². The summed E-state index contributed by atoms with van der Waals surface area (Å²) in [7, 11) is 1.62. The molecule has 20 heavy (non-hydrogen) atoms. The van der Waals surface area contributed by atoms with Crippen LogP contribution in [0, 0.1) is 6.92 Å². The van der Waals surface area contributed by atoms with Crippen LogP contribution in [0.3, 0.4) is 0 Å². The molecule has 2 aromatic heterocycles. The minimum absolute atomic E-state index is 0.122. The van der Waals surface area contributed by atoms with Crippen molar-refractivity contribution in [2.24, 2.45) is 5.84 Å². The first-order valence-electron chi connectivity index (χ1n) is 5.77. The molecule has 9 heteroatoms. The predicted octanol–water partition coefficient (Wildman–Crippen LogP) is 0.719. The van der Waals surface area contributed by atoms with Crippen LogP contribution in [0.2, 0.25) is 5.02 Å². The van der Waals surface area contributed by atoms with Gasteiger partial charge in [0, 0.05) is 7.05 Å². The van der Waals surface area contributed by atoms with Crippen LogP contribution in [0.5, 0.6) is 0 Å². The van der Waals surface area contributed by atoms with Crippen LogP contribution in [0.15, 0.2) is 12.1 Å². The Morgan fingerprint density at radius 2 is 2.25 bits per heavy atom. The Balaban J connectivity index is 2.17. The van der Waals surface area contributed by atoms with Gasteiger partial charge in [0.2, 0.25) is 0 Å². The lowest BCUT2D eigenvalue weighted by molar-refractivity contribution is 0.0776. The topological polar surface area (TPSA) is 113 Å². The molecule has 0 aliphatic carbocycles. The lowest BCUT2D eigenvalue weighted by Gasteiger charge is -2.15. The molecular weight excluding hydrogens is 282 g/mol. The number of halogens is 1. The van der Waals surface area contributed by atoms with Gasteiger partial charge in [-0.3, -0.25) is 9.89 Å². The number of carbonyl (C=O) groups excluding carboxylic acids is 1. The zero-order valence-corrected chi connectivity index (χ0v) is 11.8. The van der Waals surface area contributed by atoms with E-state index in [-0.39, 0.29) is 23.2 Å². The molecule has 0 bridgehead atoms. The Bertz CT molecular complexity index is 627. The van der Waals surface area contributed by atoms with Crippen molar-refractivity contribution in [1.82, 2.24) is 25.1 Å². The van der Waals surface area contributed by atoms with Crippen molar-refractivity contribution < 1.29 is 4.79 Å². The number of nitrogens with zero attached hydrogens (tertiary/aromatic N) is 4. The zero-order chi connectivity index (χ0) is 14.7. The van der Waals surface area contributed by atoms with Gasteiger partial charge in [0.05, 0.1) is 11.6 Å². The fourth-order valence-electron chi connectivity index (χ4n) is 1.60. The summed E-state index contributed by atoms with van der Waals surface area (Å²) in [6.45, 7) is 2.04. The van der Waals surface area contributed by atoms with Gasteiger partial charge in [0.25, 0.3) is 5.91 Å². The Hall–Kier alpha value is -2.19. The highest BCUT2D eigenvalue weighted by molar-refractivity contribution is 6.33. The molecule has 4 N–H and O–H groups in total. The number of nitrogens with one attached hydrogen (secondary N) is 2. The molecule has 0 spiro atoms. The summed E-state index contributed by atoms with van der Waals surface area (Å²) in [5, 5.41) is 6.94. The average molecular weight is 296 g/mol. The second kappa shape index (κ2) is 5.85. The number of pyridine rings is 1. The molecule has 0 aliphatic rings. The van der Waals surface area contributed by atoms with Gasteiger partial charge in [-0.15, -0.1) is 0 Å². The van der Waals surface area contributed by atoms with E-state index in [1.807, 2.05) is 0 Å². The molecule has 0 unspecified atom stereocenters. The van der Waals surface area contributed by atoms with Crippen molar-refractivity contribution in [3.63, 3.8) is 0 Å². The third kappa shape index (κ3) is 3.03. The van der Waals surface area contributed by atoms with Crippen molar-refractivity contribution >= 4 is 23.3 Å². The standard InChI is InChI=1S/C11H14ClN7O/c1-6-14-9(18-17-6)5-19(2)11(20)10-7(12)3-4-8(15-10)16-13/h3-4H,5,13H2,1-2H3,(H,15,16)(H,14,17,18). The Labute approximate surface area is 120 Å². The van der Waals surface area contributed by atoms with Crippen molar-refractivity contribution in [2.75, 3.05) is 12.5 Å². The molecule has 0 saturated carbocycles. The van der Waals surface area contributed by atoms with Crippen LogP contribution < -0.4 is 11.3 Å². The molecule has 2 aromatic rings. The summed E-state index contributed by atoms with van der Waals surface area (Å²) >= 11 is 5.98. The van der Waals surface area contributed by atoms with Gasteiger partial charge >= 0.3 is 0 Å². The monoisotopic (exact) mass is 295 g/mol. The van der Waals surface area contributed by atoms with Gasteiger partial charge in [0.15, 0.2) is 5.82 Å². The van der Waals surface area contributed by atoms with E-state index in [9.17, 15) is 4.79 Å². The fraction of sp³-hybridized carbons (Fsp3) is 0.273. The minimum Gasteiger partial charge on any atom is -0.333 e. The van der Waals surface area contributed by atoms with Gasteiger partial charge in [-0.25, -0.2) is 15.8 Å². The molecular formula is C11H14ClN7O. The maximum atomic E-state index is 12.3. The highest BCUT2D eigenvalue weighted by Gasteiger charge is 2.19. The number of hydrogen-bond donors (Lipinski definition) is 3. The summed E-state index contributed by atoms with van der Waals surface area (Å²) in [6.07, 6.45) is 0. The number of aryl methyl sites for hydroxylation is 1. The molecule has 1 amide bonds. The summed E-state index contributed by atoms with van der Waals surface area (Å²) < 4.78 is 0. The number of aromatic nitrogens is 4. The maximum absolute atomic E-state index is 12.3. The van der Waals surface area contributed by atoms with Crippen LogP contribution in [0.4, 0.5) is 5.82 Å². The molecule has 106 valence electrons. The van der Waals surface area contributed by atoms with E-state index < -0.39 is 0 Å². The van der Waals surface area contributed by atoms with Crippen LogP contribution in [-0.4, -0.2) is 38.0 Å². The first kappa shape index (κ1) is 14.2. The number of nitrogen functional groups attached to an aromatic ring is 1. The van der Waals surface area contributed by atoms with Gasteiger partial charge in [-0.2, -0.15) is 5.10 Å². The summed E-state index contributed by atoms with van der Waals surface area (Å²) in [5.41, 5.74) is 2.49. The number of aromatic amines is 1. The summed E-state index contributed by atoms with van der Waals surface area (Å²) in [4.78, 5) is 21.9. The second-order valence-electron chi connectivity index (χ2n) is 4.17. The van der Waals surface area contributed by atoms with Gasteiger partial charge < -0.3 is 10.3 Å². The molecule has 0 aromatic carbocycles. The number of amides is 1. The number of hydrogen-bond acceptors (Lipinski definition) is 6. The predicted molar refractivity (Wildman–Crippen MR) is 74.0 cm³/mol. The Kier molecular flexibility index (Phi) is 4.16. The van der Waals surface area contributed by atoms with Crippen molar-refractivity contribution in [3.8, 4) is 0 Å². The van der Waals surface area contributed by atoms with E-state index in [0.29, 0.717) is 17.5 Å². The first-order valence-corrected chi connectivity index (χ1v) is 6.15. The Morgan fingerprint density at radius 1 is 1.50 bits per heavy atom. The lowest BCUT2D eigenvalue weighted by atomic mass is 10.3. The number of anilines is 1. The van der Waals surface area contributed by atoms with Gasteiger partial charge in [-0.05, 0) is 19.1 Å². The number of H-pyrrole nitrogens is 1. The van der Waals surface area contributed by atoms with E-state index in [0.717, 1.165) is 0 Å². The number of hydrazine groups is 1. The lowest BCUT2D eigenvalue weighted by Crippen LogP contribution is -2.28. The average Bonchev–Trinajstić information content (AvgIpc) is 2.84. The molecule has 0 atom stereocenters. The fourth-order valence-corrected chi connectivity index (χ4v) is 1.78. The third-order valence-electron chi connectivity index (χ3n) is 2.57. The minimum atomic E-state index is -0.338. The highest BCUT2D eigenvalue weighted by Crippen LogP contribution is 2.18. The first-order chi connectivity index (χ1) is 9.51. The van der Waals surface area contributed by atoms with Gasteiger partial charge in [0.1, 0.15) is 17.3 Å². The molecule has 0 fully saturated rings. The maximum Gasteiger partial charge on any atom is 0.274 e. The SMILES string of the molecule is Cc1nc(CN(C)C(=O)c2nc(NN)ccc2Cl)n[nH]1. The molecule has 0 aliphatic heterocycles. The van der Waals surface area contributed by atoms with Crippen LogP contribution in [0.1, 0.15) is 22.1 Å². The van der Waals surface area contributed by atoms with Crippen molar-refractivity contribution in [3.05, 3.63) is 34.5 Å². The van der Waals surface area contributed by atoms with Crippen LogP contribution in [0.25, 0.3) is 0 Å². The summed E-state index contributed by atoms with van der Waals surface area (Å²) in [5.74, 6) is 6.49. The van der Waals surface area contributed by atoms with Crippen molar-refractivity contribution in [2.45, 2.75) is 13.5 Å². The van der Waals surface area contributed by atoms with Crippen LogP contribution in [-0.2, 0) is 6.54 Å². The number of rotatable bonds is 4. The number of carbonyl (C=O) groups is 1. The Morgan fingerprint density at radius 3 is 2.85 bits per heavy atom. The highest BCUT2D eigenvalue weighted by atomic mass is 35.5. The summed E-state index contributed by atoms with van der Waals surface area (Å²) in [6, 6.07) is 3.14. The smallest absolute Gasteiger partial charge is 0.274 e. The van der Waals surface area contributed by atoms with E-state index in [2.05, 4.69) is 25.6 Å². The molecule has 2 rings (SSSR count). The van der Waals surface area contributed by atoms with Gasteiger partial charge in [-0.1, -0.05) is 11.6 Å². The molecule has 8 nitrogen and oxygen atoms in total. The molecule has 0 radical (unpaired) electrons. The second-order valence-corrected chi connectivity index (χ2v) is 4.58.